The summed E-state index contributed by atoms with van der Waals surface area (Å²) in [6, 6.07) is 9.15. The Hall–Kier alpha value is -1.08. The Kier molecular flexibility index (Phi) is 7.16. The highest BCUT2D eigenvalue weighted by Gasteiger charge is 2.23. The van der Waals surface area contributed by atoms with Crippen molar-refractivity contribution in [2.45, 2.75) is 83.7 Å². The van der Waals surface area contributed by atoms with Gasteiger partial charge in [0.2, 0.25) is 0 Å². The van der Waals surface area contributed by atoms with Crippen molar-refractivity contribution in [1.82, 2.24) is 0 Å². The first-order valence-corrected chi connectivity index (χ1v) is 10.7. The number of ether oxygens (including phenoxy) is 1. The van der Waals surface area contributed by atoms with Crippen LogP contribution in [-0.4, -0.2) is 12.7 Å². The number of aryl methyl sites for hydroxylation is 1. The van der Waals surface area contributed by atoms with Crippen LogP contribution in [0.25, 0.3) is 0 Å². The fourth-order valence-corrected chi connectivity index (χ4v) is 4.57. The summed E-state index contributed by atoms with van der Waals surface area (Å²) in [5.74, 6) is 2.39. The van der Waals surface area contributed by atoms with Gasteiger partial charge in [-0.15, -0.1) is 0 Å². The number of rotatable bonds is 6. The molecule has 2 aliphatic rings. The summed E-state index contributed by atoms with van der Waals surface area (Å²) in [6.45, 7) is 5.41. The minimum atomic E-state index is 0.347. The zero-order valence-electron chi connectivity index (χ0n) is 16.3. The fourth-order valence-electron chi connectivity index (χ4n) is 4.57. The van der Waals surface area contributed by atoms with Gasteiger partial charge in [0.15, 0.2) is 0 Å². The van der Waals surface area contributed by atoms with Crippen LogP contribution in [0.15, 0.2) is 36.4 Å². The lowest BCUT2D eigenvalue weighted by Crippen LogP contribution is -2.23. The van der Waals surface area contributed by atoms with Gasteiger partial charge in [-0.2, -0.15) is 0 Å². The lowest BCUT2D eigenvalue weighted by Gasteiger charge is -2.29. The van der Waals surface area contributed by atoms with Crippen molar-refractivity contribution in [2.75, 3.05) is 6.61 Å². The second kappa shape index (κ2) is 9.57. The molecule has 0 spiro atoms. The van der Waals surface area contributed by atoms with E-state index in [1.807, 2.05) is 0 Å². The predicted octanol–water partition coefficient (Wildman–Crippen LogP) is 6.67. The molecule has 3 rings (SSSR count). The molecule has 1 aromatic carbocycles. The minimum Gasteiger partial charge on any atom is -0.374 e. The second-order valence-electron chi connectivity index (χ2n) is 8.20. The standard InChI is InChI=1S/C24H36O/c1-3-5-20-6-8-21(9-7-20)12-16-24-17-15-23(18-25-24)22-13-10-19(4-2)11-14-22/h10-14,16,20-21,23-24H,3-9,15,17-18H2,1-2H3/b16-12+. The normalized spacial score (nSPS) is 30.6. The molecule has 0 radical (unpaired) electrons. The first kappa shape index (κ1) is 18.7. The Morgan fingerprint density at radius 2 is 1.68 bits per heavy atom. The molecular weight excluding hydrogens is 304 g/mol. The van der Waals surface area contributed by atoms with Crippen molar-refractivity contribution >= 4 is 0 Å². The topological polar surface area (TPSA) is 9.23 Å². The van der Waals surface area contributed by atoms with Gasteiger partial charge in [-0.05, 0) is 67.9 Å². The van der Waals surface area contributed by atoms with E-state index in [1.54, 1.807) is 0 Å². The Morgan fingerprint density at radius 1 is 0.920 bits per heavy atom. The first-order chi connectivity index (χ1) is 12.3. The average molecular weight is 341 g/mol. The van der Waals surface area contributed by atoms with Crippen molar-refractivity contribution in [2.24, 2.45) is 11.8 Å². The SMILES string of the molecule is CCCC1CCC(/C=C/C2CCC(c3ccc(CC)cc3)CO2)CC1. The Labute approximate surface area is 154 Å². The predicted molar refractivity (Wildman–Crippen MR) is 107 cm³/mol. The van der Waals surface area contributed by atoms with Gasteiger partial charge in [-0.3, -0.25) is 0 Å². The van der Waals surface area contributed by atoms with Crippen molar-refractivity contribution in [3.63, 3.8) is 0 Å². The molecule has 25 heavy (non-hydrogen) atoms. The van der Waals surface area contributed by atoms with Crippen molar-refractivity contribution in [1.29, 1.82) is 0 Å². The Bertz CT molecular complexity index is 514. The van der Waals surface area contributed by atoms with E-state index in [0.717, 1.165) is 24.9 Å². The zero-order chi connectivity index (χ0) is 17.5. The summed E-state index contributed by atoms with van der Waals surface area (Å²) in [6.07, 6.45) is 17.2. The maximum atomic E-state index is 6.17. The fraction of sp³-hybridized carbons (Fsp3) is 0.667. The van der Waals surface area contributed by atoms with Gasteiger partial charge in [0.25, 0.3) is 0 Å². The molecule has 1 saturated heterocycles. The molecule has 1 heteroatoms. The molecule has 138 valence electrons. The van der Waals surface area contributed by atoms with E-state index < -0.39 is 0 Å². The second-order valence-corrected chi connectivity index (χ2v) is 8.20. The highest BCUT2D eigenvalue weighted by atomic mass is 16.5. The molecule has 2 atom stereocenters. The van der Waals surface area contributed by atoms with Crippen LogP contribution in [-0.2, 0) is 11.2 Å². The summed E-state index contributed by atoms with van der Waals surface area (Å²) < 4.78 is 6.17. The highest BCUT2D eigenvalue weighted by Crippen LogP contribution is 2.33. The molecule has 1 aromatic rings. The molecule has 1 heterocycles. The first-order valence-electron chi connectivity index (χ1n) is 10.7. The van der Waals surface area contributed by atoms with E-state index in [-0.39, 0.29) is 0 Å². The highest BCUT2D eigenvalue weighted by molar-refractivity contribution is 5.26. The molecule has 0 bridgehead atoms. The third-order valence-corrected chi connectivity index (χ3v) is 6.36. The summed E-state index contributed by atoms with van der Waals surface area (Å²) in [7, 11) is 0. The number of benzene rings is 1. The molecular formula is C24H36O. The molecule has 2 unspecified atom stereocenters. The van der Waals surface area contributed by atoms with Crippen LogP contribution in [0.3, 0.4) is 0 Å². The molecule has 0 N–H and O–H groups in total. The molecule has 1 aliphatic carbocycles. The van der Waals surface area contributed by atoms with Gasteiger partial charge in [0.05, 0.1) is 12.7 Å². The van der Waals surface area contributed by atoms with E-state index in [2.05, 4.69) is 50.3 Å². The molecule has 1 aliphatic heterocycles. The maximum Gasteiger partial charge on any atom is 0.0756 e. The van der Waals surface area contributed by atoms with E-state index >= 15 is 0 Å². The zero-order valence-corrected chi connectivity index (χ0v) is 16.3. The monoisotopic (exact) mass is 340 g/mol. The molecule has 1 nitrogen and oxygen atoms in total. The molecule has 2 fully saturated rings. The molecule has 0 amide bonds. The third-order valence-electron chi connectivity index (χ3n) is 6.36. The van der Waals surface area contributed by atoms with Crippen LogP contribution in [0.5, 0.6) is 0 Å². The van der Waals surface area contributed by atoms with Crippen LogP contribution < -0.4 is 0 Å². The van der Waals surface area contributed by atoms with Crippen LogP contribution in [0.1, 0.15) is 82.3 Å². The van der Waals surface area contributed by atoms with Gasteiger partial charge in [0, 0.05) is 5.92 Å². The Morgan fingerprint density at radius 3 is 2.28 bits per heavy atom. The van der Waals surface area contributed by atoms with Crippen molar-refractivity contribution in [3.8, 4) is 0 Å². The lowest BCUT2D eigenvalue weighted by atomic mass is 9.80. The van der Waals surface area contributed by atoms with Crippen LogP contribution in [0.2, 0.25) is 0 Å². The van der Waals surface area contributed by atoms with Crippen LogP contribution in [0, 0.1) is 11.8 Å². The summed E-state index contributed by atoms with van der Waals surface area (Å²) in [5.41, 5.74) is 2.88. The number of hydrogen-bond donors (Lipinski definition) is 0. The largest absolute Gasteiger partial charge is 0.374 e. The summed E-state index contributed by atoms with van der Waals surface area (Å²) in [5, 5.41) is 0. The van der Waals surface area contributed by atoms with Crippen LogP contribution in [0.4, 0.5) is 0 Å². The van der Waals surface area contributed by atoms with Gasteiger partial charge in [-0.1, -0.05) is 63.1 Å². The Balaban J connectivity index is 1.41. The van der Waals surface area contributed by atoms with Crippen LogP contribution >= 0.6 is 0 Å². The van der Waals surface area contributed by atoms with E-state index in [1.165, 1.54) is 62.5 Å². The molecule has 1 saturated carbocycles. The van der Waals surface area contributed by atoms with Crippen molar-refractivity contribution < 1.29 is 4.74 Å². The summed E-state index contributed by atoms with van der Waals surface area (Å²) >= 11 is 0. The van der Waals surface area contributed by atoms with Gasteiger partial charge in [0.1, 0.15) is 0 Å². The maximum absolute atomic E-state index is 6.17. The van der Waals surface area contributed by atoms with E-state index in [9.17, 15) is 0 Å². The third kappa shape index (κ3) is 5.45. The summed E-state index contributed by atoms with van der Waals surface area (Å²) in [4.78, 5) is 0. The van der Waals surface area contributed by atoms with Crippen molar-refractivity contribution in [3.05, 3.63) is 47.5 Å². The minimum absolute atomic E-state index is 0.347. The van der Waals surface area contributed by atoms with E-state index in [0.29, 0.717) is 12.0 Å². The molecule has 0 aromatic heterocycles. The van der Waals surface area contributed by atoms with E-state index in [4.69, 9.17) is 4.74 Å². The number of allylic oxidation sites excluding steroid dienone is 1. The quantitative estimate of drug-likeness (QED) is 0.525. The van der Waals surface area contributed by atoms with Gasteiger partial charge >= 0.3 is 0 Å². The lowest BCUT2D eigenvalue weighted by molar-refractivity contribution is 0.0323. The smallest absolute Gasteiger partial charge is 0.0756 e. The van der Waals surface area contributed by atoms with Gasteiger partial charge < -0.3 is 4.74 Å². The number of hydrogen-bond acceptors (Lipinski definition) is 1. The average Bonchev–Trinajstić information content (AvgIpc) is 2.68. The van der Waals surface area contributed by atoms with Gasteiger partial charge in [-0.25, -0.2) is 0 Å².